The van der Waals surface area contributed by atoms with Crippen molar-refractivity contribution in [2.75, 3.05) is 4.90 Å². The van der Waals surface area contributed by atoms with E-state index in [1.54, 1.807) is 0 Å². The van der Waals surface area contributed by atoms with Crippen LogP contribution in [0.25, 0.3) is 71.9 Å². The fraction of sp³-hybridized carbons (Fsp3) is 0.0600. The van der Waals surface area contributed by atoms with Crippen LogP contribution in [-0.4, -0.2) is 9.55 Å². The number of para-hydroxylation sites is 3. The van der Waals surface area contributed by atoms with Crippen LogP contribution < -0.4 is 4.90 Å². The molecule has 0 amide bonds. The summed E-state index contributed by atoms with van der Waals surface area (Å²) in [5.74, 6) is 0.648. The Morgan fingerprint density at radius 2 is 1.17 bits per heavy atom. The summed E-state index contributed by atoms with van der Waals surface area (Å²) in [5.41, 5.74) is 14.5. The molecule has 0 spiro atoms. The second-order valence-corrected chi connectivity index (χ2v) is 14.8. The molecule has 0 aliphatic heterocycles. The van der Waals surface area contributed by atoms with Crippen LogP contribution in [0.4, 0.5) is 17.1 Å². The summed E-state index contributed by atoms with van der Waals surface area (Å²) in [7, 11) is 0. The number of hydrogen-bond acceptors (Lipinski definition) is 3. The fourth-order valence-corrected chi connectivity index (χ4v) is 8.93. The van der Waals surface area contributed by atoms with Gasteiger partial charge in [0.05, 0.1) is 11.0 Å². The SMILES string of the molecule is CC1(C)c2cc(N(c3ccccc3)c3ccc4c(c3)c3ccccc3n4-c3ccccc3)ccc2-c2ccc3c(ccc4nc(-c5ccccc5)oc43)c21. The van der Waals surface area contributed by atoms with Crippen LogP contribution in [0.5, 0.6) is 0 Å². The summed E-state index contributed by atoms with van der Waals surface area (Å²) < 4.78 is 8.86. The number of benzene rings is 8. The highest BCUT2D eigenvalue weighted by atomic mass is 16.3. The first kappa shape index (κ1) is 30.7. The molecule has 0 unspecified atom stereocenters. The number of aromatic nitrogens is 2. The van der Waals surface area contributed by atoms with E-state index in [0.29, 0.717) is 5.89 Å². The van der Waals surface area contributed by atoms with Gasteiger partial charge in [-0.3, -0.25) is 0 Å². The van der Waals surface area contributed by atoms with Crippen molar-refractivity contribution in [1.29, 1.82) is 0 Å². The van der Waals surface area contributed by atoms with E-state index in [2.05, 4.69) is 169 Å². The molecule has 1 aliphatic carbocycles. The van der Waals surface area contributed by atoms with E-state index in [1.165, 1.54) is 49.4 Å². The third-order valence-electron chi connectivity index (χ3n) is 11.4. The number of fused-ring (bicyclic) bond motifs is 10. The van der Waals surface area contributed by atoms with Gasteiger partial charge in [0, 0.05) is 49.9 Å². The first-order valence-electron chi connectivity index (χ1n) is 18.6. The van der Waals surface area contributed by atoms with Gasteiger partial charge in [-0.15, -0.1) is 0 Å². The standard InChI is InChI=1S/C50H35N3O/c1-50(2)43-31-36(22-24-37(43)39-25-26-41-40(47(39)50)27-28-44-48(41)54-49(51-44)32-14-6-3-7-15-32)52(33-16-8-4-9-17-33)35-23-29-46-42(30-35)38-20-12-13-21-45(38)53(46)34-18-10-5-11-19-34/h3-31H,1-2H3. The summed E-state index contributed by atoms with van der Waals surface area (Å²) in [6.07, 6.45) is 0. The highest BCUT2D eigenvalue weighted by Crippen LogP contribution is 2.53. The predicted molar refractivity (Wildman–Crippen MR) is 224 cm³/mol. The minimum Gasteiger partial charge on any atom is -0.435 e. The molecule has 4 heteroatoms. The van der Waals surface area contributed by atoms with Gasteiger partial charge in [0.2, 0.25) is 5.89 Å². The summed E-state index contributed by atoms with van der Waals surface area (Å²) in [6, 6.07) is 63.0. The van der Waals surface area contributed by atoms with Gasteiger partial charge in [0.15, 0.2) is 5.58 Å². The highest BCUT2D eigenvalue weighted by molar-refractivity contribution is 6.11. The molecule has 0 fully saturated rings. The number of nitrogens with zero attached hydrogens (tertiary/aromatic N) is 3. The smallest absolute Gasteiger partial charge is 0.227 e. The fourth-order valence-electron chi connectivity index (χ4n) is 8.93. The number of anilines is 3. The Morgan fingerprint density at radius 1 is 0.519 bits per heavy atom. The van der Waals surface area contributed by atoms with Crippen LogP contribution in [0.15, 0.2) is 180 Å². The molecule has 0 saturated heterocycles. The van der Waals surface area contributed by atoms with Gasteiger partial charge >= 0.3 is 0 Å². The number of oxazole rings is 1. The Kier molecular flexibility index (Phi) is 6.56. The number of rotatable bonds is 5. The van der Waals surface area contributed by atoms with Gasteiger partial charge in [-0.2, -0.15) is 0 Å². The van der Waals surface area contributed by atoms with E-state index in [1.807, 2.05) is 30.3 Å². The first-order valence-corrected chi connectivity index (χ1v) is 18.6. The van der Waals surface area contributed by atoms with Crippen LogP contribution in [0.3, 0.4) is 0 Å². The predicted octanol–water partition coefficient (Wildman–Crippen LogP) is 13.5. The van der Waals surface area contributed by atoms with Crippen LogP contribution in [-0.2, 0) is 5.41 Å². The lowest BCUT2D eigenvalue weighted by Crippen LogP contribution is -2.17. The topological polar surface area (TPSA) is 34.2 Å². The van der Waals surface area contributed by atoms with E-state index in [9.17, 15) is 0 Å². The van der Waals surface area contributed by atoms with Crippen molar-refractivity contribution < 1.29 is 4.42 Å². The molecule has 0 atom stereocenters. The van der Waals surface area contributed by atoms with Crippen LogP contribution in [0.1, 0.15) is 25.0 Å². The Labute approximate surface area is 313 Å². The molecule has 0 bridgehead atoms. The van der Waals surface area contributed by atoms with Crippen LogP contribution in [0.2, 0.25) is 0 Å². The van der Waals surface area contributed by atoms with Crippen molar-refractivity contribution in [3.8, 4) is 28.3 Å². The van der Waals surface area contributed by atoms with Crippen LogP contribution in [0, 0.1) is 0 Å². The van der Waals surface area contributed by atoms with Gasteiger partial charge in [0.1, 0.15) is 5.52 Å². The molecule has 0 N–H and O–H groups in total. The third kappa shape index (κ3) is 4.47. The monoisotopic (exact) mass is 693 g/mol. The van der Waals surface area contributed by atoms with Gasteiger partial charge in [-0.25, -0.2) is 4.98 Å². The molecule has 11 rings (SSSR count). The van der Waals surface area contributed by atoms with Gasteiger partial charge in [0.25, 0.3) is 0 Å². The maximum Gasteiger partial charge on any atom is 0.227 e. The van der Waals surface area contributed by atoms with Crippen molar-refractivity contribution >= 4 is 60.7 Å². The molecule has 2 aromatic heterocycles. The summed E-state index contributed by atoms with van der Waals surface area (Å²) in [5, 5.41) is 4.76. The molecule has 0 radical (unpaired) electrons. The minimum atomic E-state index is -0.258. The van der Waals surface area contributed by atoms with E-state index in [4.69, 9.17) is 9.40 Å². The molecule has 4 nitrogen and oxygen atoms in total. The molecule has 10 aromatic rings. The quantitative estimate of drug-likeness (QED) is 0.180. The molecule has 8 aromatic carbocycles. The van der Waals surface area contributed by atoms with Crippen molar-refractivity contribution in [2.45, 2.75) is 19.3 Å². The lowest BCUT2D eigenvalue weighted by molar-refractivity contribution is 0.623. The summed E-state index contributed by atoms with van der Waals surface area (Å²) in [4.78, 5) is 7.27. The Bertz CT molecular complexity index is 3070. The third-order valence-corrected chi connectivity index (χ3v) is 11.4. The van der Waals surface area contributed by atoms with Crippen molar-refractivity contribution in [3.05, 3.63) is 187 Å². The van der Waals surface area contributed by atoms with E-state index in [-0.39, 0.29) is 5.41 Å². The van der Waals surface area contributed by atoms with Crippen molar-refractivity contribution in [1.82, 2.24) is 9.55 Å². The van der Waals surface area contributed by atoms with Crippen molar-refractivity contribution in [2.24, 2.45) is 0 Å². The zero-order valence-electron chi connectivity index (χ0n) is 30.0. The van der Waals surface area contributed by atoms with E-state index in [0.717, 1.165) is 44.8 Å². The Balaban J connectivity index is 1.07. The van der Waals surface area contributed by atoms with Gasteiger partial charge < -0.3 is 13.9 Å². The zero-order chi connectivity index (χ0) is 36.0. The largest absolute Gasteiger partial charge is 0.435 e. The second kappa shape index (κ2) is 11.5. The summed E-state index contributed by atoms with van der Waals surface area (Å²) in [6.45, 7) is 4.72. The first-order chi connectivity index (χ1) is 26.5. The lowest BCUT2D eigenvalue weighted by atomic mass is 9.80. The summed E-state index contributed by atoms with van der Waals surface area (Å²) >= 11 is 0. The molecule has 256 valence electrons. The molecule has 0 saturated carbocycles. The van der Waals surface area contributed by atoms with Gasteiger partial charge in [-0.1, -0.05) is 105 Å². The average Bonchev–Trinajstić information content (AvgIpc) is 3.88. The molecule has 1 aliphatic rings. The Morgan fingerprint density at radius 3 is 1.98 bits per heavy atom. The average molecular weight is 694 g/mol. The van der Waals surface area contributed by atoms with Gasteiger partial charge in [-0.05, 0) is 113 Å². The van der Waals surface area contributed by atoms with Crippen molar-refractivity contribution in [3.63, 3.8) is 0 Å². The maximum atomic E-state index is 6.49. The molecular formula is C50H35N3O. The minimum absolute atomic E-state index is 0.258. The lowest BCUT2D eigenvalue weighted by Gasteiger charge is -2.28. The molecule has 54 heavy (non-hydrogen) atoms. The zero-order valence-corrected chi connectivity index (χ0v) is 30.0. The second-order valence-electron chi connectivity index (χ2n) is 14.8. The highest BCUT2D eigenvalue weighted by Gasteiger charge is 2.38. The van der Waals surface area contributed by atoms with Crippen LogP contribution >= 0.6 is 0 Å². The number of hydrogen-bond donors (Lipinski definition) is 0. The normalized spacial score (nSPS) is 13.1. The molecular weight excluding hydrogens is 659 g/mol. The maximum absolute atomic E-state index is 6.49. The molecule has 2 heterocycles. The van der Waals surface area contributed by atoms with E-state index < -0.39 is 0 Å². The van der Waals surface area contributed by atoms with E-state index >= 15 is 0 Å². The Hall–Kier alpha value is -6.91.